The Balaban J connectivity index is 1.91. The second kappa shape index (κ2) is 7.20. The van der Waals surface area contributed by atoms with E-state index in [4.69, 9.17) is 37.8 Å². The van der Waals surface area contributed by atoms with Gasteiger partial charge in [-0.25, -0.2) is 4.79 Å². The quantitative estimate of drug-likeness (QED) is 0.810. The molecule has 0 amide bonds. The highest BCUT2D eigenvalue weighted by Gasteiger charge is 2.11. The minimum absolute atomic E-state index is 0.0576. The first-order chi connectivity index (χ1) is 10.1. The number of carboxylic acids is 1. The molecular weight excluding hydrogens is 315 g/mol. The zero-order valence-corrected chi connectivity index (χ0v) is 12.4. The summed E-state index contributed by atoms with van der Waals surface area (Å²) in [5.74, 6) is -0.238. The van der Waals surface area contributed by atoms with Crippen molar-refractivity contribution in [3.63, 3.8) is 0 Å². The molecule has 0 heterocycles. The van der Waals surface area contributed by atoms with E-state index in [1.807, 2.05) is 0 Å². The first-order valence-electron chi connectivity index (χ1n) is 6.10. The minimum atomic E-state index is -1.07. The van der Waals surface area contributed by atoms with Crippen molar-refractivity contribution in [2.75, 3.05) is 13.2 Å². The maximum atomic E-state index is 11.1. The molecule has 0 unspecified atom stereocenters. The lowest BCUT2D eigenvalue weighted by atomic mass is 10.2. The number of carboxylic acid groups (broad SMARTS) is 1. The number of halogens is 2. The van der Waals surface area contributed by atoms with Gasteiger partial charge in [-0.3, -0.25) is 0 Å². The van der Waals surface area contributed by atoms with Gasteiger partial charge in [-0.2, -0.15) is 0 Å². The smallest absolute Gasteiger partial charge is 0.339 e. The van der Waals surface area contributed by atoms with Crippen molar-refractivity contribution in [2.45, 2.75) is 0 Å². The molecule has 110 valence electrons. The predicted molar refractivity (Wildman–Crippen MR) is 80.9 cm³/mol. The summed E-state index contributed by atoms with van der Waals surface area (Å²) in [6, 6.07) is 11.3. The molecule has 0 aliphatic rings. The van der Waals surface area contributed by atoms with E-state index >= 15 is 0 Å². The Hall–Kier alpha value is -1.91. The summed E-state index contributed by atoms with van der Waals surface area (Å²) in [7, 11) is 0. The van der Waals surface area contributed by atoms with Crippen LogP contribution in [0.1, 0.15) is 10.4 Å². The number of aromatic carboxylic acids is 1. The fourth-order valence-corrected chi connectivity index (χ4v) is 2.00. The molecule has 0 aliphatic heterocycles. The lowest BCUT2D eigenvalue weighted by Crippen LogP contribution is -2.11. The molecule has 2 aromatic carbocycles. The molecule has 0 atom stereocenters. The zero-order chi connectivity index (χ0) is 15.2. The van der Waals surface area contributed by atoms with Gasteiger partial charge in [0.2, 0.25) is 0 Å². The Labute approximate surface area is 131 Å². The van der Waals surface area contributed by atoms with Crippen LogP contribution in [-0.2, 0) is 0 Å². The number of ether oxygens (including phenoxy) is 2. The van der Waals surface area contributed by atoms with Crippen LogP contribution in [0.4, 0.5) is 0 Å². The molecule has 0 radical (unpaired) electrons. The summed E-state index contributed by atoms with van der Waals surface area (Å²) in [5, 5.41) is 10.0. The largest absolute Gasteiger partial charge is 0.490 e. The Morgan fingerprint density at radius 3 is 2.43 bits per heavy atom. The standard InChI is InChI=1S/C15H12Cl2O4/c16-10-2-1-3-12(8-10)20-6-7-21-14-9-11(17)4-5-13(14)15(18)19/h1-5,8-9H,6-7H2,(H,18,19). The molecule has 0 aromatic heterocycles. The third kappa shape index (κ3) is 4.55. The SMILES string of the molecule is O=C(O)c1ccc(Cl)cc1OCCOc1cccc(Cl)c1. The monoisotopic (exact) mass is 326 g/mol. The van der Waals surface area contributed by atoms with E-state index in [9.17, 15) is 4.79 Å². The highest BCUT2D eigenvalue weighted by atomic mass is 35.5. The molecular formula is C15H12Cl2O4. The van der Waals surface area contributed by atoms with Crippen LogP contribution in [-0.4, -0.2) is 24.3 Å². The lowest BCUT2D eigenvalue weighted by Gasteiger charge is -2.10. The van der Waals surface area contributed by atoms with Crippen LogP contribution in [0, 0.1) is 0 Å². The van der Waals surface area contributed by atoms with E-state index in [0.29, 0.717) is 15.8 Å². The van der Waals surface area contributed by atoms with E-state index in [-0.39, 0.29) is 24.5 Å². The van der Waals surface area contributed by atoms with Crippen molar-refractivity contribution in [1.29, 1.82) is 0 Å². The second-order valence-electron chi connectivity index (χ2n) is 4.10. The van der Waals surface area contributed by atoms with Crippen LogP contribution in [0.15, 0.2) is 42.5 Å². The van der Waals surface area contributed by atoms with Gasteiger partial charge in [0.05, 0.1) is 0 Å². The topological polar surface area (TPSA) is 55.8 Å². The number of benzene rings is 2. The van der Waals surface area contributed by atoms with Gasteiger partial charge in [-0.1, -0.05) is 29.3 Å². The van der Waals surface area contributed by atoms with Crippen LogP contribution >= 0.6 is 23.2 Å². The molecule has 0 aliphatic carbocycles. The Bertz CT molecular complexity index is 643. The van der Waals surface area contributed by atoms with Crippen molar-refractivity contribution in [2.24, 2.45) is 0 Å². The molecule has 21 heavy (non-hydrogen) atoms. The van der Waals surface area contributed by atoms with Crippen molar-refractivity contribution in [3.8, 4) is 11.5 Å². The number of rotatable bonds is 6. The molecule has 0 fully saturated rings. The number of hydrogen-bond donors (Lipinski definition) is 1. The van der Waals surface area contributed by atoms with Crippen molar-refractivity contribution in [3.05, 3.63) is 58.1 Å². The number of hydrogen-bond acceptors (Lipinski definition) is 3. The van der Waals surface area contributed by atoms with Gasteiger partial charge >= 0.3 is 5.97 Å². The van der Waals surface area contributed by atoms with E-state index in [1.165, 1.54) is 18.2 Å². The molecule has 4 nitrogen and oxygen atoms in total. The van der Waals surface area contributed by atoms with Crippen LogP contribution < -0.4 is 9.47 Å². The van der Waals surface area contributed by atoms with Gasteiger partial charge in [0.15, 0.2) is 0 Å². The van der Waals surface area contributed by atoms with E-state index in [1.54, 1.807) is 24.3 Å². The summed E-state index contributed by atoms with van der Waals surface area (Å²) in [5.41, 5.74) is 0.0576. The van der Waals surface area contributed by atoms with E-state index in [2.05, 4.69) is 0 Å². The van der Waals surface area contributed by atoms with Crippen LogP contribution in [0.3, 0.4) is 0 Å². The molecule has 0 spiro atoms. The second-order valence-corrected chi connectivity index (χ2v) is 4.97. The Kier molecular flexibility index (Phi) is 5.31. The highest BCUT2D eigenvalue weighted by molar-refractivity contribution is 6.31. The third-order valence-electron chi connectivity index (χ3n) is 2.58. The van der Waals surface area contributed by atoms with Crippen LogP contribution in [0.25, 0.3) is 0 Å². The first-order valence-corrected chi connectivity index (χ1v) is 6.86. The molecule has 0 saturated carbocycles. The van der Waals surface area contributed by atoms with Crippen molar-refractivity contribution >= 4 is 29.2 Å². The molecule has 0 bridgehead atoms. The maximum absolute atomic E-state index is 11.1. The fourth-order valence-electron chi connectivity index (χ4n) is 1.66. The van der Waals surface area contributed by atoms with Crippen molar-refractivity contribution < 1.29 is 19.4 Å². The highest BCUT2D eigenvalue weighted by Crippen LogP contribution is 2.23. The predicted octanol–water partition coefficient (Wildman–Crippen LogP) is 4.15. The van der Waals surface area contributed by atoms with Gasteiger partial charge in [-0.15, -0.1) is 0 Å². The Morgan fingerprint density at radius 2 is 1.71 bits per heavy atom. The molecule has 2 rings (SSSR count). The zero-order valence-electron chi connectivity index (χ0n) is 10.9. The Morgan fingerprint density at radius 1 is 1.00 bits per heavy atom. The molecule has 2 aromatic rings. The fraction of sp³-hybridized carbons (Fsp3) is 0.133. The average Bonchev–Trinajstić information content (AvgIpc) is 2.43. The van der Waals surface area contributed by atoms with Crippen LogP contribution in [0.5, 0.6) is 11.5 Å². The molecule has 1 N–H and O–H groups in total. The summed E-state index contributed by atoms with van der Waals surface area (Å²) < 4.78 is 10.9. The molecule has 6 heteroatoms. The summed E-state index contributed by atoms with van der Waals surface area (Å²) in [6.45, 7) is 0.444. The lowest BCUT2D eigenvalue weighted by molar-refractivity contribution is 0.0691. The summed E-state index contributed by atoms with van der Waals surface area (Å²) in [6.07, 6.45) is 0. The van der Waals surface area contributed by atoms with Gasteiger partial charge in [0.1, 0.15) is 30.3 Å². The van der Waals surface area contributed by atoms with Gasteiger partial charge in [0, 0.05) is 10.0 Å². The third-order valence-corrected chi connectivity index (χ3v) is 3.05. The van der Waals surface area contributed by atoms with Gasteiger partial charge in [0.25, 0.3) is 0 Å². The number of carbonyl (C=O) groups is 1. The van der Waals surface area contributed by atoms with Gasteiger partial charge < -0.3 is 14.6 Å². The van der Waals surface area contributed by atoms with Crippen LogP contribution in [0.2, 0.25) is 10.0 Å². The van der Waals surface area contributed by atoms with E-state index < -0.39 is 5.97 Å². The first kappa shape index (κ1) is 15.5. The van der Waals surface area contributed by atoms with Crippen molar-refractivity contribution in [1.82, 2.24) is 0 Å². The summed E-state index contributed by atoms with van der Waals surface area (Å²) >= 11 is 11.7. The average molecular weight is 327 g/mol. The minimum Gasteiger partial charge on any atom is -0.490 e. The summed E-state index contributed by atoms with van der Waals surface area (Å²) in [4.78, 5) is 11.1. The maximum Gasteiger partial charge on any atom is 0.339 e. The van der Waals surface area contributed by atoms with Gasteiger partial charge in [-0.05, 0) is 36.4 Å². The molecule has 0 saturated heterocycles. The normalized spacial score (nSPS) is 10.2. The van der Waals surface area contributed by atoms with E-state index in [0.717, 1.165) is 0 Å².